The number of nitrogens with two attached hydrogens (primary N) is 1. The number of hydrogen-bond donors (Lipinski definition) is 2. The highest BCUT2D eigenvalue weighted by Gasteiger charge is 2.36. The Morgan fingerprint density at radius 2 is 1.39 bits per heavy atom. The highest BCUT2D eigenvalue weighted by molar-refractivity contribution is 6.05. The third-order valence-electron chi connectivity index (χ3n) is 9.35. The van der Waals surface area contributed by atoms with Gasteiger partial charge in [-0.2, -0.15) is 0 Å². The van der Waals surface area contributed by atoms with E-state index in [1.54, 1.807) is 0 Å². The topological polar surface area (TPSA) is 51.2 Å². The number of furan rings is 1. The van der Waals surface area contributed by atoms with E-state index in [0.717, 1.165) is 33.1 Å². The molecule has 0 aliphatic heterocycles. The van der Waals surface area contributed by atoms with Gasteiger partial charge in [0, 0.05) is 16.2 Å². The Morgan fingerprint density at radius 1 is 0.659 bits per heavy atom. The fraction of sp³-hybridized carbons (Fsp3) is 0.122. The van der Waals surface area contributed by atoms with Crippen LogP contribution in [0.1, 0.15) is 53.9 Å². The molecule has 0 bridgehead atoms. The lowest BCUT2D eigenvalue weighted by atomic mass is 9.81. The van der Waals surface area contributed by atoms with Crippen LogP contribution >= 0.6 is 0 Å². The summed E-state index contributed by atoms with van der Waals surface area (Å²) in [5.74, 6) is 0. The SMILES string of the molecule is CC1(C)c2cc3ccccc3cc2-c2c(/C=C/C(NC(N)c3ccccc3)c3ccc4c(c3)oc3ccccc34)cccc21. The molecule has 0 fully saturated rings. The molecule has 214 valence electrons. The molecule has 3 heteroatoms. The third-order valence-corrected chi connectivity index (χ3v) is 9.35. The maximum Gasteiger partial charge on any atom is 0.135 e. The largest absolute Gasteiger partial charge is 0.456 e. The van der Waals surface area contributed by atoms with E-state index < -0.39 is 0 Å². The number of rotatable bonds is 6. The lowest BCUT2D eigenvalue weighted by Gasteiger charge is -2.22. The number of benzene rings is 6. The Balaban J connectivity index is 1.24. The third kappa shape index (κ3) is 4.36. The summed E-state index contributed by atoms with van der Waals surface area (Å²) in [6.07, 6.45) is 4.16. The molecule has 44 heavy (non-hydrogen) atoms. The van der Waals surface area contributed by atoms with Crippen LogP contribution in [0.4, 0.5) is 0 Å². The first-order valence-electron chi connectivity index (χ1n) is 15.3. The van der Waals surface area contributed by atoms with Crippen molar-refractivity contribution in [2.24, 2.45) is 5.73 Å². The van der Waals surface area contributed by atoms with E-state index in [9.17, 15) is 0 Å². The predicted octanol–water partition coefficient (Wildman–Crippen LogP) is 10.0. The van der Waals surface area contributed by atoms with Crippen LogP contribution in [0.2, 0.25) is 0 Å². The molecule has 0 radical (unpaired) electrons. The van der Waals surface area contributed by atoms with Crippen molar-refractivity contribution in [1.29, 1.82) is 0 Å². The number of nitrogens with one attached hydrogen (secondary N) is 1. The fourth-order valence-electron chi connectivity index (χ4n) is 6.99. The van der Waals surface area contributed by atoms with Gasteiger partial charge in [-0.25, -0.2) is 0 Å². The Hall–Kier alpha value is -4.96. The zero-order chi connectivity index (χ0) is 29.8. The smallest absolute Gasteiger partial charge is 0.135 e. The molecule has 6 aromatic carbocycles. The monoisotopic (exact) mass is 570 g/mol. The summed E-state index contributed by atoms with van der Waals surface area (Å²) in [6, 6.07) is 44.8. The van der Waals surface area contributed by atoms with Crippen molar-refractivity contribution >= 4 is 38.8 Å². The van der Waals surface area contributed by atoms with Crippen LogP contribution in [0.5, 0.6) is 0 Å². The molecule has 1 aliphatic rings. The van der Waals surface area contributed by atoms with Crippen molar-refractivity contribution < 1.29 is 4.42 Å². The maximum atomic E-state index is 6.75. The van der Waals surface area contributed by atoms with Crippen molar-refractivity contribution in [2.75, 3.05) is 0 Å². The molecule has 1 aromatic heterocycles. The van der Waals surface area contributed by atoms with E-state index in [1.807, 2.05) is 30.3 Å². The second kappa shape index (κ2) is 10.3. The minimum absolute atomic E-state index is 0.0851. The summed E-state index contributed by atoms with van der Waals surface area (Å²) < 4.78 is 6.27. The van der Waals surface area contributed by atoms with Gasteiger partial charge in [-0.3, -0.25) is 5.32 Å². The molecule has 1 heterocycles. The van der Waals surface area contributed by atoms with Gasteiger partial charge in [0.15, 0.2) is 0 Å². The van der Waals surface area contributed by atoms with Gasteiger partial charge in [-0.15, -0.1) is 0 Å². The Labute approximate surface area is 257 Å². The summed E-state index contributed by atoms with van der Waals surface area (Å²) >= 11 is 0. The molecule has 8 rings (SSSR count). The molecule has 3 N–H and O–H groups in total. The lowest BCUT2D eigenvalue weighted by molar-refractivity contribution is 0.509. The molecule has 0 saturated heterocycles. The van der Waals surface area contributed by atoms with E-state index in [-0.39, 0.29) is 17.6 Å². The number of para-hydroxylation sites is 1. The van der Waals surface area contributed by atoms with E-state index in [4.69, 9.17) is 10.2 Å². The predicted molar refractivity (Wildman–Crippen MR) is 184 cm³/mol. The highest BCUT2D eigenvalue weighted by Crippen LogP contribution is 2.51. The van der Waals surface area contributed by atoms with Crippen molar-refractivity contribution in [3.8, 4) is 11.1 Å². The summed E-state index contributed by atoms with van der Waals surface area (Å²) in [5, 5.41) is 8.49. The molecule has 3 nitrogen and oxygen atoms in total. The standard InChI is InChI=1S/C41H34N2O/c1-41(2)34-17-10-15-26(39(34)33-23-28-13-6-7-14-29(28)24-35(33)41)20-22-36(43-40(42)27-11-4-3-5-12-27)30-19-21-32-31-16-8-9-18-37(31)44-38(32)25-30/h3-25,36,40,43H,42H2,1-2H3/b22-20+. The Morgan fingerprint density at radius 3 is 2.23 bits per heavy atom. The molecule has 2 unspecified atom stereocenters. The normalized spacial score (nSPS) is 15.2. The summed E-state index contributed by atoms with van der Waals surface area (Å²) in [4.78, 5) is 0. The quantitative estimate of drug-likeness (QED) is 0.196. The number of hydrogen-bond acceptors (Lipinski definition) is 3. The number of fused-ring (bicyclic) bond motifs is 7. The molecule has 1 aliphatic carbocycles. The first kappa shape index (κ1) is 26.7. The van der Waals surface area contributed by atoms with Crippen molar-refractivity contribution in [3.05, 3.63) is 161 Å². The second-order valence-corrected chi connectivity index (χ2v) is 12.4. The molecule has 0 amide bonds. The first-order valence-corrected chi connectivity index (χ1v) is 15.3. The maximum absolute atomic E-state index is 6.75. The lowest BCUT2D eigenvalue weighted by Crippen LogP contribution is -2.31. The summed E-state index contributed by atoms with van der Waals surface area (Å²) in [5.41, 5.74) is 17.1. The highest BCUT2D eigenvalue weighted by atomic mass is 16.3. The van der Waals surface area contributed by atoms with E-state index >= 15 is 0 Å². The average Bonchev–Trinajstić information content (AvgIpc) is 3.54. The van der Waals surface area contributed by atoms with Crippen molar-refractivity contribution in [1.82, 2.24) is 5.32 Å². The van der Waals surface area contributed by atoms with Crippen LogP contribution in [-0.2, 0) is 5.41 Å². The zero-order valence-electron chi connectivity index (χ0n) is 24.9. The van der Waals surface area contributed by atoms with Crippen LogP contribution in [0.25, 0.3) is 49.9 Å². The van der Waals surface area contributed by atoms with E-state index in [2.05, 4.69) is 128 Å². The Kier molecular flexibility index (Phi) is 6.26. The van der Waals surface area contributed by atoms with Crippen LogP contribution in [0, 0.1) is 0 Å². The summed E-state index contributed by atoms with van der Waals surface area (Å²) in [7, 11) is 0. The average molecular weight is 571 g/mol. The van der Waals surface area contributed by atoms with Gasteiger partial charge in [0.2, 0.25) is 0 Å². The van der Waals surface area contributed by atoms with Gasteiger partial charge < -0.3 is 10.2 Å². The minimum Gasteiger partial charge on any atom is -0.456 e. The molecule has 7 aromatic rings. The molecule has 2 atom stereocenters. The van der Waals surface area contributed by atoms with E-state index in [0.29, 0.717) is 0 Å². The summed E-state index contributed by atoms with van der Waals surface area (Å²) in [6.45, 7) is 4.68. The van der Waals surface area contributed by atoms with Gasteiger partial charge in [-0.05, 0) is 74.0 Å². The molecular weight excluding hydrogens is 536 g/mol. The fourth-order valence-corrected chi connectivity index (χ4v) is 6.99. The minimum atomic E-state index is -0.343. The van der Waals surface area contributed by atoms with Crippen molar-refractivity contribution in [2.45, 2.75) is 31.5 Å². The van der Waals surface area contributed by atoms with Gasteiger partial charge in [0.25, 0.3) is 0 Å². The van der Waals surface area contributed by atoms with Crippen molar-refractivity contribution in [3.63, 3.8) is 0 Å². The van der Waals surface area contributed by atoms with Crippen LogP contribution in [-0.4, -0.2) is 0 Å². The zero-order valence-corrected chi connectivity index (χ0v) is 24.9. The molecule has 0 spiro atoms. The Bertz CT molecular complexity index is 2210. The molecule has 0 saturated carbocycles. The first-order chi connectivity index (χ1) is 21.5. The van der Waals surface area contributed by atoms with Gasteiger partial charge in [0.1, 0.15) is 11.2 Å². The van der Waals surface area contributed by atoms with Crippen LogP contribution in [0.3, 0.4) is 0 Å². The van der Waals surface area contributed by atoms with Crippen LogP contribution in [0.15, 0.2) is 138 Å². The van der Waals surface area contributed by atoms with Gasteiger partial charge in [0.05, 0.1) is 12.2 Å². The molecular formula is C41H34N2O. The van der Waals surface area contributed by atoms with Gasteiger partial charge in [-0.1, -0.05) is 129 Å². The second-order valence-electron chi connectivity index (χ2n) is 12.4. The van der Waals surface area contributed by atoms with Crippen LogP contribution < -0.4 is 11.1 Å². The van der Waals surface area contributed by atoms with Gasteiger partial charge >= 0.3 is 0 Å². The van der Waals surface area contributed by atoms with E-state index in [1.165, 1.54) is 38.6 Å².